The van der Waals surface area contributed by atoms with Gasteiger partial charge in [0.25, 0.3) is 0 Å². The highest BCUT2D eigenvalue weighted by Crippen LogP contribution is 2.36. The SMILES string of the molecule is Cc1cc(-c2nnc([C@@H](O)CO)o2)cnc1C1=CCN(C(=O)Nc2ccc(C(F)(F)F)c(Cl)c2)CC1. The zero-order chi connectivity index (χ0) is 26.0. The Kier molecular flexibility index (Phi) is 7.29. The molecule has 36 heavy (non-hydrogen) atoms. The first kappa shape index (κ1) is 25.6. The summed E-state index contributed by atoms with van der Waals surface area (Å²) in [6.07, 6.45) is -1.90. The van der Waals surface area contributed by atoms with E-state index in [-0.39, 0.29) is 24.0 Å². The van der Waals surface area contributed by atoms with E-state index in [0.717, 1.165) is 35.0 Å². The molecule has 4 rings (SSSR count). The van der Waals surface area contributed by atoms with Crippen molar-refractivity contribution in [2.45, 2.75) is 25.6 Å². The van der Waals surface area contributed by atoms with E-state index in [1.165, 1.54) is 4.90 Å². The van der Waals surface area contributed by atoms with Crippen molar-refractivity contribution < 1.29 is 32.6 Å². The molecule has 3 aromatic rings. The lowest BCUT2D eigenvalue weighted by molar-refractivity contribution is -0.137. The number of urea groups is 1. The molecule has 1 aliphatic heterocycles. The molecule has 1 aliphatic rings. The summed E-state index contributed by atoms with van der Waals surface area (Å²) < 4.78 is 44.0. The number of aryl methyl sites for hydroxylation is 1. The Labute approximate surface area is 208 Å². The van der Waals surface area contributed by atoms with Gasteiger partial charge < -0.3 is 24.8 Å². The van der Waals surface area contributed by atoms with Crippen LogP contribution in [-0.4, -0.2) is 56.0 Å². The van der Waals surface area contributed by atoms with Crippen LogP contribution in [0.15, 0.2) is 41.0 Å². The number of aliphatic hydroxyl groups is 2. The minimum absolute atomic E-state index is 0.0962. The van der Waals surface area contributed by atoms with Crippen LogP contribution in [-0.2, 0) is 6.18 Å². The maximum Gasteiger partial charge on any atom is 0.417 e. The molecular weight excluding hydrogens is 503 g/mol. The van der Waals surface area contributed by atoms with Crippen LogP contribution in [0.1, 0.15) is 35.2 Å². The molecule has 0 aliphatic carbocycles. The van der Waals surface area contributed by atoms with E-state index in [2.05, 4.69) is 20.5 Å². The van der Waals surface area contributed by atoms with Crippen LogP contribution >= 0.6 is 11.6 Å². The van der Waals surface area contributed by atoms with Crippen LogP contribution in [0, 0.1) is 6.92 Å². The minimum atomic E-state index is -4.57. The normalized spacial score (nSPS) is 15.0. The molecule has 1 atom stereocenters. The predicted molar refractivity (Wildman–Crippen MR) is 124 cm³/mol. The number of hydrogen-bond donors (Lipinski definition) is 3. The summed E-state index contributed by atoms with van der Waals surface area (Å²) >= 11 is 5.72. The second-order valence-electron chi connectivity index (χ2n) is 8.08. The molecule has 0 fully saturated rings. The molecule has 0 spiro atoms. The smallest absolute Gasteiger partial charge is 0.417 e. The summed E-state index contributed by atoms with van der Waals surface area (Å²) in [5.74, 6) is 0.0599. The molecule has 9 nitrogen and oxygen atoms in total. The Morgan fingerprint density at radius 1 is 1.31 bits per heavy atom. The number of nitrogens with one attached hydrogen (secondary N) is 1. The Hall–Kier alpha value is -3.48. The van der Waals surface area contributed by atoms with Gasteiger partial charge >= 0.3 is 12.2 Å². The first-order chi connectivity index (χ1) is 17.1. The number of nitrogens with zero attached hydrogens (tertiary/aromatic N) is 4. The van der Waals surface area contributed by atoms with Crippen molar-refractivity contribution in [2.24, 2.45) is 0 Å². The van der Waals surface area contributed by atoms with Gasteiger partial charge in [-0.1, -0.05) is 17.7 Å². The standard InChI is InChI=1S/C23H21ClF3N5O4/c1-12-8-14(20-30-31-21(36-20)18(34)11-33)10-28-19(12)13-4-6-32(7-5-13)22(35)29-15-2-3-16(17(24)9-15)23(25,26)27/h2-4,8-10,18,33-34H,5-7,11H2,1H3,(H,29,35)/t18-/m0/s1. The molecule has 1 aromatic carbocycles. The highest BCUT2D eigenvalue weighted by atomic mass is 35.5. The van der Waals surface area contributed by atoms with Crippen LogP contribution in [0.2, 0.25) is 5.02 Å². The van der Waals surface area contributed by atoms with Gasteiger partial charge in [-0.25, -0.2) is 4.79 Å². The van der Waals surface area contributed by atoms with Crippen molar-refractivity contribution in [3.63, 3.8) is 0 Å². The number of benzene rings is 1. The van der Waals surface area contributed by atoms with Crippen molar-refractivity contribution in [1.82, 2.24) is 20.1 Å². The quantitative estimate of drug-likeness (QED) is 0.451. The fourth-order valence-corrected chi connectivity index (χ4v) is 3.97. The molecule has 0 unspecified atom stereocenters. The van der Waals surface area contributed by atoms with E-state index >= 15 is 0 Å². The fourth-order valence-electron chi connectivity index (χ4n) is 3.69. The number of alkyl halides is 3. The van der Waals surface area contributed by atoms with Crippen molar-refractivity contribution in [2.75, 3.05) is 25.0 Å². The molecule has 190 valence electrons. The van der Waals surface area contributed by atoms with Gasteiger partial charge in [0.1, 0.15) is 0 Å². The number of rotatable bonds is 5. The fraction of sp³-hybridized carbons (Fsp3) is 0.304. The highest BCUT2D eigenvalue weighted by Gasteiger charge is 2.33. The molecule has 0 saturated heterocycles. The second-order valence-corrected chi connectivity index (χ2v) is 8.49. The topological polar surface area (TPSA) is 125 Å². The van der Waals surface area contributed by atoms with Crippen LogP contribution in [0.3, 0.4) is 0 Å². The zero-order valence-electron chi connectivity index (χ0n) is 18.9. The number of aliphatic hydroxyl groups excluding tert-OH is 2. The maximum absolute atomic E-state index is 12.9. The third-order valence-electron chi connectivity index (χ3n) is 5.55. The van der Waals surface area contributed by atoms with Gasteiger partial charge in [-0.2, -0.15) is 13.2 Å². The number of carbonyl (C=O) groups excluding carboxylic acids is 1. The first-order valence-electron chi connectivity index (χ1n) is 10.8. The number of anilines is 1. The molecule has 0 radical (unpaired) electrons. The molecule has 2 amide bonds. The van der Waals surface area contributed by atoms with E-state index in [0.29, 0.717) is 18.5 Å². The number of aromatic nitrogens is 3. The lowest BCUT2D eigenvalue weighted by Crippen LogP contribution is -2.38. The monoisotopic (exact) mass is 523 g/mol. The Bertz CT molecular complexity index is 1310. The van der Waals surface area contributed by atoms with Gasteiger partial charge in [-0.15, -0.1) is 10.2 Å². The van der Waals surface area contributed by atoms with Crippen molar-refractivity contribution in [3.05, 3.63) is 64.3 Å². The van der Waals surface area contributed by atoms with Crippen LogP contribution in [0.5, 0.6) is 0 Å². The molecule has 0 saturated carbocycles. The van der Waals surface area contributed by atoms with Crippen LogP contribution < -0.4 is 5.32 Å². The lowest BCUT2D eigenvalue weighted by atomic mass is 10.00. The third kappa shape index (κ3) is 5.50. The van der Waals surface area contributed by atoms with E-state index in [1.54, 1.807) is 12.3 Å². The Morgan fingerprint density at radius 3 is 2.69 bits per heavy atom. The first-order valence-corrected chi connectivity index (χ1v) is 11.2. The van der Waals surface area contributed by atoms with Gasteiger partial charge in [0.15, 0.2) is 6.10 Å². The van der Waals surface area contributed by atoms with Crippen molar-refractivity contribution in [1.29, 1.82) is 0 Å². The number of amides is 2. The summed E-state index contributed by atoms with van der Waals surface area (Å²) in [6, 6.07) is 4.40. The predicted octanol–water partition coefficient (Wildman–Crippen LogP) is 4.46. The summed E-state index contributed by atoms with van der Waals surface area (Å²) in [6.45, 7) is 1.98. The molecule has 2 aromatic heterocycles. The van der Waals surface area contributed by atoms with E-state index < -0.39 is 35.5 Å². The molecule has 0 bridgehead atoms. The zero-order valence-corrected chi connectivity index (χ0v) is 19.6. The molecular formula is C23H21ClF3N5O4. The van der Waals surface area contributed by atoms with Crippen molar-refractivity contribution >= 4 is 28.9 Å². The number of pyridine rings is 1. The van der Waals surface area contributed by atoms with Gasteiger partial charge in [0.05, 0.1) is 28.5 Å². The third-order valence-corrected chi connectivity index (χ3v) is 5.86. The Morgan fingerprint density at radius 2 is 2.08 bits per heavy atom. The maximum atomic E-state index is 12.9. The molecule has 3 N–H and O–H groups in total. The van der Waals surface area contributed by atoms with Gasteiger partial charge in [0, 0.05) is 25.0 Å². The van der Waals surface area contributed by atoms with Crippen molar-refractivity contribution in [3.8, 4) is 11.5 Å². The average Bonchev–Trinajstić information content (AvgIpc) is 3.33. The van der Waals surface area contributed by atoms with Crippen LogP contribution in [0.25, 0.3) is 17.0 Å². The number of carbonyl (C=O) groups is 1. The largest absolute Gasteiger partial charge is 0.418 e. The second kappa shape index (κ2) is 10.2. The van der Waals surface area contributed by atoms with E-state index in [1.807, 2.05) is 13.0 Å². The lowest BCUT2D eigenvalue weighted by Gasteiger charge is -2.27. The van der Waals surface area contributed by atoms with Gasteiger partial charge in [-0.3, -0.25) is 4.98 Å². The molecule has 13 heteroatoms. The summed E-state index contributed by atoms with van der Waals surface area (Å²) in [7, 11) is 0. The number of hydrogen-bond acceptors (Lipinski definition) is 7. The summed E-state index contributed by atoms with van der Waals surface area (Å²) in [5, 5.41) is 28.3. The minimum Gasteiger partial charge on any atom is -0.418 e. The summed E-state index contributed by atoms with van der Waals surface area (Å²) in [4.78, 5) is 18.6. The van der Waals surface area contributed by atoms with E-state index in [4.69, 9.17) is 21.1 Å². The van der Waals surface area contributed by atoms with E-state index in [9.17, 15) is 23.1 Å². The highest BCUT2D eigenvalue weighted by molar-refractivity contribution is 6.31. The van der Waals surface area contributed by atoms with Gasteiger partial charge in [0.2, 0.25) is 11.8 Å². The summed E-state index contributed by atoms with van der Waals surface area (Å²) in [5.41, 5.74) is 2.25. The number of halogens is 4. The average molecular weight is 524 g/mol. The molecule has 3 heterocycles. The Balaban J connectivity index is 1.42. The van der Waals surface area contributed by atoms with Gasteiger partial charge in [-0.05, 0) is 48.7 Å². The van der Waals surface area contributed by atoms with Crippen LogP contribution in [0.4, 0.5) is 23.7 Å².